The SMILES string of the molecule is CCCCCCn1c(=O)c2c3cc(C#N)c4ccc5ccc6c(C#N)cc(c2c1=O)c1c6c5c4c31. The molecule has 7 aromatic rings. The Morgan fingerprint density at radius 3 is 1.66 bits per heavy atom. The number of nitrogens with zero attached hydrogens (tertiary/aromatic N) is 3. The molecule has 166 valence electrons. The van der Waals surface area contributed by atoms with Crippen LogP contribution in [0.15, 0.2) is 46.0 Å². The van der Waals surface area contributed by atoms with Gasteiger partial charge in [-0.3, -0.25) is 14.2 Å². The summed E-state index contributed by atoms with van der Waals surface area (Å²) in [6.45, 7) is 2.50. The van der Waals surface area contributed by atoms with Gasteiger partial charge in [0.2, 0.25) is 0 Å². The predicted molar refractivity (Wildman–Crippen MR) is 140 cm³/mol. The fraction of sp³-hybridized carbons (Fsp3) is 0.200. The van der Waals surface area contributed by atoms with E-state index in [1.807, 2.05) is 24.3 Å². The Morgan fingerprint density at radius 2 is 1.17 bits per heavy atom. The molecule has 1 heterocycles. The number of hydrogen-bond donors (Lipinski definition) is 0. The molecule has 1 aromatic heterocycles. The molecule has 0 unspecified atom stereocenters. The highest BCUT2D eigenvalue weighted by molar-refractivity contribution is 6.48. The van der Waals surface area contributed by atoms with E-state index in [0.29, 0.717) is 39.2 Å². The van der Waals surface area contributed by atoms with Gasteiger partial charge in [-0.05, 0) is 61.6 Å². The number of nitriles is 2. The van der Waals surface area contributed by atoms with Crippen molar-refractivity contribution >= 4 is 64.6 Å². The smallest absolute Gasteiger partial charge is 0.262 e. The molecule has 0 bridgehead atoms. The Balaban J connectivity index is 1.78. The van der Waals surface area contributed by atoms with Crippen LogP contribution in [0.2, 0.25) is 0 Å². The van der Waals surface area contributed by atoms with Crippen LogP contribution in [0, 0.1) is 22.7 Å². The number of rotatable bonds is 5. The quantitative estimate of drug-likeness (QED) is 0.229. The van der Waals surface area contributed by atoms with Crippen molar-refractivity contribution in [2.24, 2.45) is 0 Å². The summed E-state index contributed by atoms with van der Waals surface area (Å²) in [5.74, 6) is 0. The third kappa shape index (κ3) is 2.26. The molecule has 0 N–H and O–H groups in total. The van der Waals surface area contributed by atoms with Crippen molar-refractivity contribution < 1.29 is 0 Å². The highest BCUT2D eigenvalue weighted by Crippen LogP contribution is 2.51. The van der Waals surface area contributed by atoms with Crippen molar-refractivity contribution in [2.45, 2.75) is 39.2 Å². The molecule has 7 rings (SSSR count). The number of unbranched alkanes of at least 4 members (excludes halogenated alkanes) is 3. The predicted octanol–water partition coefficient (Wildman–Crippen LogP) is 6.20. The molecule has 0 aliphatic rings. The third-order valence-electron chi connectivity index (χ3n) is 7.82. The van der Waals surface area contributed by atoms with Crippen LogP contribution < -0.4 is 11.1 Å². The van der Waals surface area contributed by atoms with Crippen molar-refractivity contribution in [3.63, 3.8) is 0 Å². The second-order valence-electron chi connectivity index (χ2n) is 9.56. The number of fused-ring (bicyclic) bond motifs is 3. The molecule has 0 radical (unpaired) electrons. The Bertz CT molecular complexity index is 2010. The largest absolute Gasteiger partial charge is 0.274 e. The van der Waals surface area contributed by atoms with E-state index < -0.39 is 0 Å². The zero-order chi connectivity index (χ0) is 24.0. The van der Waals surface area contributed by atoms with Crippen LogP contribution in [0.25, 0.3) is 64.6 Å². The molecule has 0 amide bonds. The first-order chi connectivity index (χ1) is 17.1. The molecule has 6 aromatic carbocycles. The van der Waals surface area contributed by atoms with Gasteiger partial charge in [-0.15, -0.1) is 0 Å². The fourth-order valence-corrected chi connectivity index (χ4v) is 6.32. The average Bonchev–Trinajstić information content (AvgIpc) is 3.37. The minimum atomic E-state index is -0.298. The summed E-state index contributed by atoms with van der Waals surface area (Å²) >= 11 is 0. The summed E-state index contributed by atoms with van der Waals surface area (Å²) in [4.78, 5) is 27.4. The lowest BCUT2D eigenvalue weighted by Crippen LogP contribution is -2.25. The van der Waals surface area contributed by atoms with Gasteiger partial charge in [-0.2, -0.15) is 10.5 Å². The lowest BCUT2D eigenvalue weighted by Gasteiger charge is -2.08. The second kappa shape index (κ2) is 6.78. The first kappa shape index (κ1) is 19.9. The van der Waals surface area contributed by atoms with Gasteiger partial charge in [0, 0.05) is 17.3 Å². The van der Waals surface area contributed by atoms with E-state index in [0.717, 1.165) is 68.8 Å². The number of benzene rings is 5. The normalized spacial score (nSPS) is 12.3. The Kier molecular flexibility index (Phi) is 3.86. The van der Waals surface area contributed by atoms with E-state index >= 15 is 0 Å². The first-order valence-corrected chi connectivity index (χ1v) is 12.1. The highest BCUT2D eigenvalue weighted by Gasteiger charge is 2.28. The molecule has 0 aliphatic carbocycles. The van der Waals surface area contributed by atoms with Crippen LogP contribution in [0.1, 0.15) is 43.7 Å². The molecule has 5 heteroatoms. The third-order valence-corrected chi connectivity index (χ3v) is 7.82. The van der Waals surface area contributed by atoms with Gasteiger partial charge >= 0.3 is 0 Å². The first-order valence-electron chi connectivity index (χ1n) is 12.1. The van der Waals surface area contributed by atoms with Crippen LogP contribution in [0.4, 0.5) is 0 Å². The van der Waals surface area contributed by atoms with Gasteiger partial charge < -0.3 is 0 Å². The van der Waals surface area contributed by atoms with Crippen LogP contribution >= 0.6 is 0 Å². The molecule has 35 heavy (non-hydrogen) atoms. The molecular weight excluding hydrogens is 434 g/mol. The average molecular weight is 454 g/mol. The molecular formula is C30H19N3O2. The minimum absolute atomic E-state index is 0.298. The molecule has 5 nitrogen and oxygen atoms in total. The zero-order valence-corrected chi connectivity index (χ0v) is 19.2. The van der Waals surface area contributed by atoms with E-state index in [1.165, 1.54) is 4.57 Å². The van der Waals surface area contributed by atoms with Crippen molar-refractivity contribution in [3.05, 3.63) is 68.2 Å². The molecule has 0 saturated carbocycles. The number of hydrogen-bond acceptors (Lipinski definition) is 4. The van der Waals surface area contributed by atoms with Crippen molar-refractivity contribution in [1.29, 1.82) is 10.5 Å². The monoisotopic (exact) mass is 453 g/mol. The molecule has 0 atom stereocenters. The number of aromatic nitrogens is 1. The van der Waals surface area contributed by atoms with Crippen LogP contribution in [-0.4, -0.2) is 4.57 Å². The topological polar surface area (TPSA) is 86.7 Å². The summed E-state index contributed by atoms with van der Waals surface area (Å²) < 4.78 is 1.36. The maximum Gasteiger partial charge on any atom is 0.262 e. The van der Waals surface area contributed by atoms with E-state index in [9.17, 15) is 20.1 Å². The highest BCUT2D eigenvalue weighted by atomic mass is 16.2. The Labute approximate surface area is 199 Å². The summed E-state index contributed by atoms with van der Waals surface area (Å²) in [5, 5.41) is 29.5. The Morgan fingerprint density at radius 1 is 0.657 bits per heavy atom. The van der Waals surface area contributed by atoms with Gasteiger partial charge in [0.25, 0.3) is 11.1 Å². The fourth-order valence-electron chi connectivity index (χ4n) is 6.32. The van der Waals surface area contributed by atoms with Crippen molar-refractivity contribution in [2.75, 3.05) is 0 Å². The molecule has 0 saturated heterocycles. The van der Waals surface area contributed by atoms with Gasteiger partial charge in [0.15, 0.2) is 0 Å². The minimum Gasteiger partial charge on any atom is -0.274 e. The van der Waals surface area contributed by atoms with Crippen molar-refractivity contribution in [1.82, 2.24) is 4.57 Å². The molecule has 0 aliphatic heterocycles. The van der Waals surface area contributed by atoms with E-state index in [-0.39, 0.29) is 11.1 Å². The van der Waals surface area contributed by atoms with Gasteiger partial charge in [-0.25, -0.2) is 0 Å². The summed E-state index contributed by atoms with van der Waals surface area (Å²) in [6.07, 6.45) is 3.85. The standard InChI is InChI=1S/C30H19N3O2/c1-2-3-4-5-10-33-29(34)27-20-11-16(13-31)18-8-6-15-7-9-19-17(14-32)12-21(28(27)30(33)35)26-24(19)22(15)23(18)25(20)26/h6-9,11-12H,2-5,10H2,1H3. The summed E-state index contributed by atoms with van der Waals surface area (Å²) in [6, 6.07) is 16.1. The van der Waals surface area contributed by atoms with E-state index in [4.69, 9.17) is 0 Å². The lowest BCUT2D eigenvalue weighted by molar-refractivity contribution is 0.568. The molecule has 0 fully saturated rings. The van der Waals surface area contributed by atoms with Crippen LogP contribution in [0.5, 0.6) is 0 Å². The van der Waals surface area contributed by atoms with Gasteiger partial charge in [0.1, 0.15) is 0 Å². The zero-order valence-electron chi connectivity index (χ0n) is 19.2. The second-order valence-corrected chi connectivity index (χ2v) is 9.56. The Hall–Kier alpha value is -4.48. The summed E-state index contributed by atoms with van der Waals surface area (Å²) in [5.41, 5.74) is 0.382. The summed E-state index contributed by atoms with van der Waals surface area (Å²) in [7, 11) is 0. The van der Waals surface area contributed by atoms with Gasteiger partial charge in [0.05, 0.1) is 34.0 Å². The maximum absolute atomic E-state index is 13.7. The van der Waals surface area contributed by atoms with E-state index in [1.54, 1.807) is 12.1 Å². The van der Waals surface area contributed by atoms with Gasteiger partial charge in [-0.1, -0.05) is 50.5 Å². The van der Waals surface area contributed by atoms with E-state index in [2.05, 4.69) is 19.1 Å². The van der Waals surface area contributed by atoms with Crippen LogP contribution in [-0.2, 0) is 6.54 Å². The van der Waals surface area contributed by atoms with Crippen LogP contribution in [0.3, 0.4) is 0 Å². The lowest BCUT2D eigenvalue weighted by atomic mass is 9.92. The molecule has 0 spiro atoms. The maximum atomic E-state index is 13.7. The van der Waals surface area contributed by atoms with Crippen molar-refractivity contribution in [3.8, 4) is 12.1 Å².